The topological polar surface area (TPSA) is 21.3 Å². The predicted octanol–water partition coefficient (Wildman–Crippen LogP) is 4.45. The lowest BCUT2D eigenvalue weighted by atomic mass is 9.81. The molecule has 1 fully saturated rings. The number of ether oxygens (including phenoxy) is 1. The molecule has 3 heteroatoms. The lowest BCUT2D eigenvalue weighted by Crippen LogP contribution is -2.34. The Morgan fingerprint density at radius 2 is 1.90 bits per heavy atom. The highest BCUT2D eigenvalue weighted by Gasteiger charge is 2.24. The molecule has 1 aromatic carbocycles. The Hall–Kier alpha value is -0.730. The minimum absolute atomic E-state index is 0.269. The Bertz CT molecular complexity index is 468. The number of nitrogens with one attached hydrogen (secondary N) is 1. The summed E-state index contributed by atoms with van der Waals surface area (Å²) in [6.07, 6.45) is 8.24. The van der Waals surface area contributed by atoms with Gasteiger partial charge in [-0.05, 0) is 55.0 Å². The lowest BCUT2D eigenvalue weighted by molar-refractivity contribution is 0.214. The van der Waals surface area contributed by atoms with Crippen molar-refractivity contribution in [1.29, 1.82) is 0 Å². The summed E-state index contributed by atoms with van der Waals surface area (Å²) in [5.41, 5.74) is 1.25. The maximum absolute atomic E-state index is 6.03. The SMILES string of the molecule is CCC1CCC(CNCC2Cc3cc(Cl)ccc3O2)CC1. The normalized spacial score (nSPS) is 28.2. The summed E-state index contributed by atoms with van der Waals surface area (Å²) >= 11 is 6.03. The lowest BCUT2D eigenvalue weighted by Gasteiger charge is -2.28. The van der Waals surface area contributed by atoms with Crippen molar-refractivity contribution >= 4 is 11.6 Å². The summed E-state index contributed by atoms with van der Waals surface area (Å²) in [4.78, 5) is 0. The molecule has 1 aliphatic carbocycles. The fourth-order valence-corrected chi connectivity index (χ4v) is 3.89. The van der Waals surface area contributed by atoms with E-state index in [1.165, 1.54) is 37.7 Å². The molecule has 1 atom stereocenters. The first-order valence-corrected chi connectivity index (χ1v) is 8.78. The van der Waals surface area contributed by atoms with Gasteiger partial charge in [0.1, 0.15) is 11.9 Å². The molecule has 1 heterocycles. The van der Waals surface area contributed by atoms with Gasteiger partial charge in [-0.2, -0.15) is 0 Å². The van der Waals surface area contributed by atoms with Gasteiger partial charge in [-0.1, -0.05) is 37.8 Å². The number of rotatable bonds is 5. The van der Waals surface area contributed by atoms with E-state index in [0.717, 1.165) is 42.1 Å². The van der Waals surface area contributed by atoms with E-state index < -0.39 is 0 Å². The van der Waals surface area contributed by atoms with Crippen LogP contribution in [0.1, 0.15) is 44.6 Å². The van der Waals surface area contributed by atoms with E-state index in [0.29, 0.717) is 0 Å². The van der Waals surface area contributed by atoms with Gasteiger partial charge in [0.2, 0.25) is 0 Å². The maximum Gasteiger partial charge on any atom is 0.123 e. The third-order valence-electron chi connectivity index (χ3n) is 5.11. The summed E-state index contributed by atoms with van der Waals surface area (Å²) in [6, 6.07) is 5.93. The van der Waals surface area contributed by atoms with Crippen LogP contribution in [0.3, 0.4) is 0 Å². The van der Waals surface area contributed by atoms with Gasteiger partial charge in [0.05, 0.1) is 0 Å². The first-order valence-electron chi connectivity index (χ1n) is 8.40. The number of benzene rings is 1. The number of hydrogen-bond donors (Lipinski definition) is 1. The summed E-state index contributed by atoms with van der Waals surface area (Å²) < 4.78 is 5.96. The molecule has 0 bridgehead atoms. The number of halogens is 1. The molecule has 1 N–H and O–H groups in total. The number of fused-ring (bicyclic) bond motifs is 1. The largest absolute Gasteiger partial charge is 0.488 e. The van der Waals surface area contributed by atoms with Gasteiger partial charge < -0.3 is 10.1 Å². The second-order valence-corrected chi connectivity index (χ2v) is 7.09. The van der Waals surface area contributed by atoms with Crippen LogP contribution in [0.2, 0.25) is 5.02 Å². The van der Waals surface area contributed by atoms with Crippen molar-refractivity contribution in [2.75, 3.05) is 13.1 Å². The van der Waals surface area contributed by atoms with Crippen LogP contribution in [0.4, 0.5) is 0 Å². The van der Waals surface area contributed by atoms with Crippen LogP contribution in [0.25, 0.3) is 0 Å². The third-order valence-corrected chi connectivity index (χ3v) is 5.35. The van der Waals surface area contributed by atoms with E-state index in [-0.39, 0.29) is 6.10 Å². The van der Waals surface area contributed by atoms with Gasteiger partial charge in [-0.15, -0.1) is 0 Å². The Balaban J connectivity index is 1.38. The van der Waals surface area contributed by atoms with Gasteiger partial charge in [-0.25, -0.2) is 0 Å². The maximum atomic E-state index is 6.03. The molecular weight excluding hydrogens is 282 g/mol. The van der Waals surface area contributed by atoms with E-state index >= 15 is 0 Å². The minimum Gasteiger partial charge on any atom is -0.488 e. The molecule has 0 amide bonds. The van der Waals surface area contributed by atoms with E-state index in [1.807, 2.05) is 18.2 Å². The molecule has 0 aromatic heterocycles. The molecule has 0 saturated heterocycles. The second kappa shape index (κ2) is 7.02. The van der Waals surface area contributed by atoms with Gasteiger partial charge in [-0.3, -0.25) is 0 Å². The first-order chi connectivity index (χ1) is 10.2. The molecule has 1 aliphatic heterocycles. The van der Waals surface area contributed by atoms with Crippen molar-refractivity contribution in [2.45, 2.75) is 51.6 Å². The first kappa shape index (κ1) is 15.2. The van der Waals surface area contributed by atoms with Crippen molar-refractivity contribution in [3.63, 3.8) is 0 Å². The van der Waals surface area contributed by atoms with Crippen LogP contribution in [-0.4, -0.2) is 19.2 Å². The third kappa shape index (κ3) is 3.92. The van der Waals surface area contributed by atoms with Crippen LogP contribution in [0, 0.1) is 11.8 Å². The standard InChI is InChI=1S/C18H26ClNO/c1-2-13-3-5-14(6-4-13)11-20-12-17-10-15-9-16(19)7-8-18(15)21-17/h7-9,13-14,17,20H,2-6,10-12H2,1H3. The summed E-state index contributed by atoms with van der Waals surface area (Å²) in [5.74, 6) is 2.86. The molecule has 0 radical (unpaired) electrons. The zero-order valence-corrected chi connectivity index (χ0v) is 13.7. The Morgan fingerprint density at radius 1 is 1.14 bits per heavy atom. The quantitative estimate of drug-likeness (QED) is 0.868. The van der Waals surface area contributed by atoms with Gasteiger partial charge in [0, 0.05) is 18.0 Å². The molecule has 2 nitrogen and oxygen atoms in total. The second-order valence-electron chi connectivity index (χ2n) is 6.65. The highest BCUT2D eigenvalue weighted by Crippen LogP contribution is 2.32. The molecule has 2 aliphatic rings. The van der Waals surface area contributed by atoms with E-state index in [1.54, 1.807) is 0 Å². The van der Waals surface area contributed by atoms with Crippen molar-refractivity contribution in [1.82, 2.24) is 5.32 Å². The Kier molecular flexibility index (Phi) is 5.07. The average Bonchev–Trinajstić information content (AvgIpc) is 2.89. The Labute approximate surface area is 133 Å². The van der Waals surface area contributed by atoms with E-state index in [4.69, 9.17) is 16.3 Å². The fraction of sp³-hybridized carbons (Fsp3) is 0.667. The van der Waals surface area contributed by atoms with Gasteiger partial charge in [0.15, 0.2) is 0 Å². The van der Waals surface area contributed by atoms with Crippen LogP contribution in [0.15, 0.2) is 18.2 Å². The monoisotopic (exact) mass is 307 g/mol. The Morgan fingerprint density at radius 3 is 2.67 bits per heavy atom. The summed E-state index contributed by atoms with van der Waals surface area (Å²) in [6.45, 7) is 4.41. The van der Waals surface area contributed by atoms with Crippen molar-refractivity contribution < 1.29 is 4.74 Å². The zero-order valence-electron chi connectivity index (χ0n) is 12.9. The highest BCUT2D eigenvalue weighted by molar-refractivity contribution is 6.30. The van der Waals surface area contributed by atoms with Crippen LogP contribution >= 0.6 is 11.6 Å². The van der Waals surface area contributed by atoms with Gasteiger partial charge in [0.25, 0.3) is 0 Å². The smallest absolute Gasteiger partial charge is 0.123 e. The molecule has 116 valence electrons. The van der Waals surface area contributed by atoms with E-state index in [2.05, 4.69) is 12.2 Å². The van der Waals surface area contributed by atoms with Crippen molar-refractivity contribution in [3.8, 4) is 5.75 Å². The number of hydrogen-bond acceptors (Lipinski definition) is 2. The molecular formula is C18H26ClNO. The molecule has 1 aromatic rings. The zero-order chi connectivity index (χ0) is 14.7. The highest BCUT2D eigenvalue weighted by atomic mass is 35.5. The van der Waals surface area contributed by atoms with Crippen LogP contribution in [-0.2, 0) is 6.42 Å². The van der Waals surface area contributed by atoms with Crippen LogP contribution < -0.4 is 10.1 Å². The minimum atomic E-state index is 0.269. The molecule has 0 spiro atoms. The molecule has 21 heavy (non-hydrogen) atoms. The molecule has 1 saturated carbocycles. The van der Waals surface area contributed by atoms with Crippen molar-refractivity contribution in [3.05, 3.63) is 28.8 Å². The molecule has 1 unspecified atom stereocenters. The van der Waals surface area contributed by atoms with Gasteiger partial charge >= 0.3 is 0 Å². The summed E-state index contributed by atoms with van der Waals surface area (Å²) in [5, 5.41) is 4.43. The molecule has 3 rings (SSSR count). The van der Waals surface area contributed by atoms with Crippen molar-refractivity contribution in [2.24, 2.45) is 11.8 Å². The fourth-order valence-electron chi connectivity index (χ4n) is 3.70. The average molecular weight is 308 g/mol. The van der Waals surface area contributed by atoms with Crippen LogP contribution in [0.5, 0.6) is 5.75 Å². The van der Waals surface area contributed by atoms with E-state index in [9.17, 15) is 0 Å². The predicted molar refractivity (Wildman–Crippen MR) is 88.2 cm³/mol. The summed E-state index contributed by atoms with van der Waals surface area (Å²) in [7, 11) is 0.